The van der Waals surface area contributed by atoms with Crippen molar-refractivity contribution in [3.8, 4) is 0 Å². The number of carbonyl (C=O) groups excluding carboxylic acids is 4. The molecule has 29 heavy (non-hydrogen) atoms. The molecule has 0 aromatic heterocycles. The van der Waals surface area contributed by atoms with Crippen LogP contribution in [0.4, 0.5) is 0 Å². The molecule has 2 aliphatic rings. The summed E-state index contributed by atoms with van der Waals surface area (Å²) in [6.45, 7) is 5.56. The van der Waals surface area contributed by atoms with E-state index in [9.17, 15) is 39.6 Å². The lowest BCUT2D eigenvalue weighted by Gasteiger charge is -2.31. The fourth-order valence-electron chi connectivity index (χ4n) is 3.44. The van der Waals surface area contributed by atoms with Crippen LogP contribution in [0.3, 0.4) is 0 Å². The number of rotatable bonds is 5. The van der Waals surface area contributed by atoms with Gasteiger partial charge in [0, 0.05) is 24.0 Å². The van der Waals surface area contributed by atoms with E-state index in [1.54, 1.807) is 6.92 Å². The van der Waals surface area contributed by atoms with Gasteiger partial charge in [-0.3, -0.25) is 19.2 Å². The summed E-state index contributed by atoms with van der Waals surface area (Å²) in [4.78, 5) is 48.9. The summed E-state index contributed by atoms with van der Waals surface area (Å²) in [6, 6.07) is 0. The molecule has 0 fully saturated rings. The van der Waals surface area contributed by atoms with Gasteiger partial charge in [-0.25, -0.2) is 0 Å². The third-order valence-corrected chi connectivity index (χ3v) is 5.14. The van der Waals surface area contributed by atoms with Crippen LogP contribution in [0.2, 0.25) is 0 Å². The monoisotopic (exact) mass is 404 g/mol. The molecule has 8 heteroatoms. The molecule has 0 aromatic rings. The van der Waals surface area contributed by atoms with Crippen LogP contribution in [0.5, 0.6) is 0 Å². The molecule has 0 saturated heterocycles. The number of hydrogen-bond acceptors (Lipinski definition) is 8. The number of carbonyl (C=O) groups is 4. The van der Waals surface area contributed by atoms with E-state index in [0.29, 0.717) is 6.42 Å². The van der Waals surface area contributed by atoms with Crippen LogP contribution in [0.1, 0.15) is 53.4 Å². The number of aliphatic hydroxyl groups excluding tert-OH is 4. The van der Waals surface area contributed by atoms with Gasteiger partial charge in [0.05, 0.1) is 17.4 Å². The Morgan fingerprint density at radius 2 is 1.59 bits per heavy atom. The maximum Gasteiger partial charge on any atom is 0.183 e. The highest BCUT2D eigenvalue weighted by molar-refractivity contribution is 6.23. The van der Waals surface area contributed by atoms with Gasteiger partial charge in [0.15, 0.2) is 23.1 Å². The van der Waals surface area contributed by atoms with E-state index >= 15 is 0 Å². The first-order chi connectivity index (χ1) is 13.4. The fourth-order valence-corrected chi connectivity index (χ4v) is 3.44. The summed E-state index contributed by atoms with van der Waals surface area (Å²) < 4.78 is 0. The highest BCUT2D eigenvalue weighted by atomic mass is 16.3. The van der Waals surface area contributed by atoms with Crippen molar-refractivity contribution in [3.05, 3.63) is 45.3 Å². The minimum absolute atomic E-state index is 0.113. The predicted molar refractivity (Wildman–Crippen MR) is 102 cm³/mol. The molecule has 156 valence electrons. The maximum atomic E-state index is 12.5. The Labute approximate surface area is 167 Å². The molecule has 2 rings (SSSR count). The van der Waals surface area contributed by atoms with Crippen molar-refractivity contribution in [1.29, 1.82) is 0 Å². The molecule has 4 N–H and O–H groups in total. The summed E-state index contributed by atoms with van der Waals surface area (Å²) in [6.07, 6.45) is -0.510. The summed E-state index contributed by atoms with van der Waals surface area (Å²) in [5.74, 6) is -5.36. The second-order valence-electron chi connectivity index (χ2n) is 7.66. The molecule has 0 aliphatic heterocycles. The van der Waals surface area contributed by atoms with Crippen molar-refractivity contribution < 1.29 is 39.6 Å². The van der Waals surface area contributed by atoms with E-state index < -0.39 is 64.2 Å². The van der Waals surface area contributed by atoms with E-state index in [1.807, 2.05) is 0 Å². The van der Waals surface area contributed by atoms with E-state index in [4.69, 9.17) is 0 Å². The highest BCUT2D eigenvalue weighted by Crippen LogP contribution is 2.42. The zero-order valence-electron chi connectivity index (χ0n) is 16.8. The molecule has 0 atom stereocenters. The molecule has 0 aromatic carbocycles. The molecule has 2 aliphatic carbocycles. The summed E-state index contributed by atoms with van der Waals surface area (Å²) in [5, 5.41) is 41.6. The van der Waals surface area contributed by atoms with E-state index in [2.05, 4.69) is 0 Å². The average molecular weight is 404 g/mol. The van der Waals surface area contributed by atoms with Gasteiger partial charge in [-0.1, -0.05) is 6.92 Å². The van der Waals surface area contributed by atoms with Gasteiger partial charge in [0.25, 0.3) is 0 Å². The van der Waals surface area contributed by atoms with Crippen LogP contribution in [-0.2, 0) is 19.2 Å². The van der Waals surface area contributed by atoms with Crippen molar-refractivity contribution in [1.82, 2.24) is 0 Å². The molecule has 0 radical (unpaired) electrons. The Morgan fingerprint density at radius 3 is 2.10 bits per heavy atom. The van der Waals surface area contributed by atoms with Crippen LogP contribution in [0.25, 0.3) is 0 Å². The van der Waals surface area contributed by atoms with Gasteiger partial charge in [-0.2, -0.15) is 0 Å². The van der Waals surface area contributed by atoms with Gasteiger partial charge in [0.1, 0.15) is 28.6 Å². The van der Waals surface area contributed by atoms with Gasteiger partial charge >= 0.3 is 0 Å². The highest BCUT2D eigenvalue weighted by Gasteiger charge is 2.45. The molecular formula is C21H24O8. The predicted octanol–water partition coefficient (Wildman–Crippen LogP) is 3.16. The Bertz CT molecular complexity index is 953. The molecule has 0 spiro atoms. The summed E-state index contributed by atoms with van der Waals surface area (Å²) in [5.41, 5.74) is -2.98. The lowest BCUT2D eigenvalue weighted by atomic mass is 9.73. The topological polar surface area (TPSA) is 149 Å². The number of Topliss-reactive ketones (excluding diaryl/α,β-unsaturated/α-hetero) is 4. The third-order valence-electron chi connectivity index (χ3n) is 5.14. The molecule has 0 saturated carbocycles. The van der Waals surface area contributed by atoms with Crippen molar-refractivity contribution in [2.75, 3.05) is 0 Å². The Morgan fingerprint density at radius 1 is 1.00 bits per heavy atom. The van der Waals surface area contributed by atoms with E-state index in [-0.39, 0.29) is 28.9 Å². The first-order valence-corrected chi connectivity index (χ1v) is 9.19. The third kappa shape index (κ3) is 3.62. The lowest BCUT2D eigenvalue weighted by Crippen LogP contribution is -2.36. The molecule has 0 heterocycles. The Hall–Kier alpha value is -3.16. The molecule has 0 unspecified atom stereocenters. The minimum Gasteiger partial charge on any atom is -0.511 e. The summed E-state index contributed by atoms with van der Waals surface area (Å²) in [7, 11) is 0. The SMILES string of the molecule is CCCC(O)=C1C(=O)CC(=O)C(CC2=C(O)C(C)(C)C(=O)C(C(C)=O)=C2O)=C1O. The number of aliphatic hydroxyl groups is 4. The van der Waals surface area contributed by atoms with E-state index in [0.717, 1.165) is 6.92 Å². The van der Waals surface area contributed by atoms with Gasteiger partial charge in [-0.15, -0.1) is 0 Å². The standard InChI is InChI=1S/C21H24O8/c1-5-6-12(23)16-14(25)8-13(24)10(17(16)26)7-11-18(27)15(9(2)22)20(29)21(3,4)19(11)28/h23,26-28H,5-8H2,1-4H3. The smallest absolute Gasteiger partial charge is 0.183 e. The zero-order chi connectivity index (χ0) is 22.3. The first kappa shape index (κ1) is 22.1. The van der Waals surface area contributed by atoms with Gasteiger partial charge < -0.3 is 20.4 Å². The van der Waals surface area contributed by atoms with Crippen molar-refractivity contribution >= 4 is 23.1 Å². The molecular weight excluding hydrogens is 380 g/mol. The number of ketones is 4. The summed E-state index contributed by atoms with van der Waals surface area (Å²) >= 11 is 0. The van der Waals surface area contributed by atoms with Crippen molar-refractivity contribution in [3.63, 3.8) is 0 Å². The maximum absolute atomic E-state index is 12.5. The van der Waals surface area contributed by atoms with Gasteiger partial charge in [-0.05, 0) is 27.2 Å². The zero-order valence-corrected chi connectivity index (χ0v) is 16.8. The van der Waals surface area contributed by atoms with Crippen LogP contribution in [-0.4, -0.2) is 43.6 Å². The van der Waals surface area contributed by atoms with Crippen LogP contribution >= 0.6 is 0 Å². The molecule has 0 amide bonds. The first-order valence-electron chi connectivity index (χ1n) is 9.19. The largest absolute Gasteiger partial charge is 0.511 e. The minimum atomic E-state index is -1.53. The van der Waals surface area contributed by atoms with Crippen molar-refractivity contribution in [2.45, 2.75) is 53.4 Å². The van der Waals surface area contributed by atoms with Crippen LogP contribution in [0.15, 0.2) is 45.3 Å². The number of allylic oxidation sites excluding steroid dienone is 6. The van der Waals surface area contributed by atoms with E-state index in [1.165, 1.54) is 13.8 Å². The lowest BCUT2D eigenvalue weighted by molar-refractivity contribution is -0.127. The normalized spacial score (nSPS) is 21.9. The van der Waals surface area contributed by atoms with Gasteiger partial charge in [0.2, 0.25) is 0 Å². The molecule has 8 nitrogen and oxygen atoms in total. The Balaban J connectivity index is 2.69. The Kier molecular flexibility index (Phi) is 5.87. The van der Waals surface area contributed by atoms with Crippen molar-refractivity contribution in [2.24, 2.45) is 5.41 Å². The fraction of sp³-hybridized carbons (Fsp3) is 0.429. The van der Waals surface area contributed by atoms with Crippen LogP contribution < -0.4 is 0 Å². The number of hydrogen-bond donors (Lipinski definition) is 4. The van der Waals surface area contributed by atoms with Crippen LogP contribution in [0, 0.1) is 5.41 Å². The average Bonchev–Trinajstić information content (AvgIpc) is 2.59. The second-order valence-corrected chi connectivity index (χ2v) is 7.66. The molecule has 0 bridgehead atoms. The quantitative estimate of drug-likeness (QED) is 0.236. The second kappa shape index (κ2) is 7.69.